The van der Waals surface area contributed by atoms with Gasteiger partial charge in [-0.2, -0.15) is 11.8 Å². The molecule has 1 atom stereocenters. The number of thioether (sulfide) groups is 1. The predicted octanol–water partition coefficient (Wildman–Crippen LogP) is 1.64. The minimum atomic E-state index is 0.454. The molecule has 0 aliphatic carbocycles. The Morgan fingerprint density at radius 3 is 2.57 bits per heavy atom. The third-order valence-electron chi connectivity index (χ3n) is 0.714. The number of hydrogen-bond donors (Lipinski definition) is 1. The van der Waals surface area contributed by atoms with Gasteiger partial charge in [0, 0.05) is 5.75 Å². The second-order valence-corrected chi connectivity index (χ2v) is 2.51. The van der Waals surface area contributed by atoms with Crippen molar-refractivity contribution < 1.29 is 0 Å². The molecule has 0 aromatic heterocycles. The fourth-order valence-electron chi connectivity index (χ4n) is 0.311. The van der Waals surface area contributed by atoms with Gasteiger partial charge >= 0.3 is 0 Å². The highest BCUT2D eigenvalue weighted by Gasteiger charge is 1.91. The molecule has 7 heavy (non-hydrogen) atoms. The predicted molar refractivity (Wildman–Crippen MR) is 36.3 cm³/mol. The van der Waals surface area contributed by atoms with E-state index in [0.29, 0.717) is 5.92 Å². The zero-order valence-corrected chi connectivity index (χ0v) is 5.59. The first-order valence-corrected chi connectivity index (χ1v) is 3.70. The van der Waals surface area contributed by atoms with Crippen LogP contribution in [0.5, 0.6) is 0 Å². The van der Waals surface area contributed by atoms with Crippen molar-refractivity contribution in [3.05, 3.63) is 0 Å². The summed E-state index contributed by atoms with van der Waals surface area (Å²) < 4.78 is 0. The molecule has 0 saturated heterocycles. The molecule has 42 valence electrons. The molecule has 0 saturated carbocycles. The Labute approximate surface area is 49.0 Å². The summed E-state index contributed by atoms with van der Waals surface area (Å²) in [5.41, 5.74) is 0. The Hall–Kier alpha value is 0.0200. The number of nitrogens with one attached hydrogen (secondary N) is 1. The van der Waals surface area contributed by atoms with E-state index in [1.165, 1.54) is 6.21 Å². The van der Waals surface area contributed by atoms with Crippen LogP contribution >= 0.6 is 11.8 Å². The average Bonchev–Trinajstić information content (AvgIpc) is 1.68. The van der Waals surface area contributed by atoms with E-state index in [4.69, 9.17) is 5.41 Å². The van der Waals surface area contributed by atoms with E-state index >= 15 is 0 Å². The van der Waals surface area contributed by atoms with E-state index in [0.717, 1.165) is 5.75 Å². The van der Waals surface area contributed by atoms with Crippen molar-refractivity contribution in [2.24, 2.45) is 5.92 Å². The molecule has 0 spiro atoms. The Kier molecular flexibility index (Phi) is 4.20. The highest BCUT2D eigenvalue weighted by atomic mass is 32.2. The molecule has 0 fully saturated rings. The second kappa shape index (κ2) is 4.19. The van der Waals surface area contributed by atoms with Gasteiger partial charge in [-0.05, 0) is 18.4 Å². The van der Waals surface area contributed by atoms with Gasteiger partial charge in [-0.15, -0.1) is 0 Å². The lowest BCUT2D eigenvalue weighted by molar-refractivity contribution is 0.919. The maximum Gasteiger partial charge on any atom is 0.000488 e. The van der Waals surface area contributed by atoms with Crippen molar-refractivity contribution in [2.75, 3.05) is 12.0 Å². The largest absolute Gasteiger partial charge is 0.313 e. The molecular weight excluding hydrogens is 106 g/mol. The first-order valence-electron chi connectivity index (χ1n) is 2.30. The normalized spacial score (nSPS) is 13.4. The lowest BCUT2D eigenvalue weighted by atomic mass is 10.2. The number of rotatable bonds is 3. The van der Waals surface area contributed by atoms with Crippen LogP contribution in [0, 0.1) is 11.3 Å². The molecule has 0 aliphatic rings. The maximum atomic E-state index is 6.77. The zero-order valence-electron chi connectivity index (χ0n) is 4.77. The molecule has 0 aliphatic heterocycles. The van der Waals surface area contributed by atoms with E-state index in [1.807, 2.05) is 6.92 Å². The van der Waals surface area contributed by atoms with Gasteiger partial charge in [0.05, 0.1) is 0 Å². The van der Waals surface area contributed by atoms with E-state index in [2.05, 4.69) is 6.26 Å². The highest BCUT2D eigenvalue weighted by Crippen LogP contribution is 1.99. The monoisotopic (exact) mass is 117 g/mol. The summed E-state index contributed by atoms with van der Waals surface area (Å²) in [6.07, 6.45) is 3.54. The molecule has 0 aromatic carbocycles. The lowest BCUT2D eigenvalue weighted by Gasteiger charge is -1.96. The molecule has 0 rings (SSSR count). The fourth-order valence-corrected chi connectivity index (χ4v) is 0.933. The van der Waals surface area contributed by atoms with E-state index in [9.17, 15) is 0 Å². The van der Waals surface area contributed by atoms with Crippen LogP contribution < -0.4 is 0 Å². The van der Waals surface area contributed by atoms with Crippen molar-refractivity contribution >= 4 is 18.0 Å². The Morgan fingerprint density at radius 2 is 2.43 bits per heavy atom. The molecule has 0 heterocycles. The average molecular weight is 117 g/mol. The fraction of sp³-hybridized carbons (Fsp3) is 0.800. The van der Waals surface area contributed by atoms with Gasteiger partial charge in [0.25, 0.3) is 0 Å². The van der Waals surface area contributed by atoms with Crippen molar-refractivity contribution in [3.63, 3.8) is 0 Å². The van der Waals surface area contributed by atoms with Gasteiger partial charge in [0.15, 0.2) is 0 Å². The lowest BCUT2D eigenvalue weighted by Crippen LogP contribution is -1.96. The standard InChI is InChI=1S/C5H11NS/c1-5(3-6)4-7-2/h3,5-6H,4H2,1-2H3/t5-/m1/s1. The molecule has 2 heteroatoms. The van der Waals surface area contributed by atoms with Crippen LogP contribution in [0.1, 0.15) is 6.92 Å². The van der Waals surface area contributed by atoms with Crippen LogP contribution in [0.2, 0.25) is 0 Å². The zero-order chi connectivity index (χ0) is 5.70. The summed E-state index contributed by atoms with van der Waals surface area (Å²) >= 11 is 1.78. The second-order valence-electron chi connectivity index (χ2n) is 1.60. The summed E-state index contributed by atoms with van der Waals surface area (Å²) in [7, 11) is 0. The summed E-state index contributed by atoms with van der Waals surface area (Å²) in [5, 5.41) is 6.77. The first-order chi connectivity index (χ1) is 3.31. The highest BCUT2D eigenvalue weighted by molar-refractivity contribution is 7.98. The maximum absolute atomic E-state index is 6.77. The van der Waals surface area contributed by atoms with Crippen LogP contribution in [0.3, 0.4) is 0 Å². The first kappa shape index (κ1) is 7.02. The Bertz CT molecular complexity index is 54.0. The Balaban J connectivity index is 2.98. The summed E-state index contributed by atoms with van der Waals surface area (Å²) in [4.78, 5) is 0. The van der Waals surface area contributed by atoms with Crippen LogP contribution in [-0.2, 0) is 0 Å². The molecular formula is C5H11NS. The Morgan fingerprint density at radius 1 is 1.86 bits per heavy atom. The van der Waals surface area contributed by atoms with Gasteiger partial charge in [-0.3, -0.25) is 0 Å². The number of hydrogen-bond acceptors (Lipinski definition) is 2. The van der Waals surface area contributed by atoms with Crippen LogP contribution in [0.25, 0.3) is 0 Å². The summed E-state index contributed by atoms with van der Waals surface area (Å²) in [6, 6.07) is 0. The minimum absolute atomic E-state index is 0.454. The quantitative estimate of drug-likeness (QED) is 0.558. The third kappa shape index (κ3) is 3.86. The topological polar surface area (TPSA) is 23.9 Å². The van der Waals surface area contributed by atoms with Crippen molar-refractivity contribution in [3.8, 4) is 0 Å². The van der Waals surface area contributed by atoms with Crippen LogP contribution in [0.4, 0.5) is 0 Å². The molecule has 1 nitrogen and oxygen atoms in total. The van der Waals surface area contributed by atoms with Crippen LogP contribution in [-0.4, -0.2) is 18.2 Å². The van der Waals surface area contributed by atoms with Gasteiger partial charge < -0.3 is 5.41 Å². The van der Waals surface area contributed by atoms with E-state index < -0.39 is 0 Å². The van der Waals surface area contributed by atoms with E-state index in [-0.39, 0.29) is 0 Å². The molecule has 0 amide bonds. The minimum Gasteiger partial charge on any atom is -0.313 e. The third-order valence-corrected chi connectivity index (χ3v) is 1.57. The molecule has 0 aromatic rings. The molecule has 1 N–H and O–H groups in total. The molecule has 0 bridgehead atoms. The molecule has 0 unspecified atom stereocenters. The van der Waals surface area contributed by atoms with Gasteiger partial charge in [-0.1, -0.05) is 6.92 Å². The summed E-state index contributed by atoms with van der Waals surface area (Å²) in [6.45, 7) is 2.05. The van der Waals surface area contributed by atoms with E-state index in [1.54, 1.807) is 11.8 Å². The van der Waals surface area contributed by atoms with Crippen molar-refractivity contribution in [1.29, 1.82) is 5.41 Å². The SMILES string of the molecule is CSC[C@H](C)C=N. The van der Waals surface area contributed by atoms with Crippen LogP contribution in [0.15, 0.2) is 0 Å². The molecule has 0 radical (unpaired) electrons. The van der Waals surface area contributed by atoms with Gasteiger partial charge in [0.2, 0.25) is 0 Å². The summed E-state index contributed by atoms with van der Waals surface area (Å²) in [5.74, 6) is 1.53. The van der Waals surface area contributed by atoms with Gasteiger partial charge in [0.1, 0.15) is 0 Å². The van der Waals surface area contributed by atoms with Gasteiger partial charge in [-0.25, -0.2) is 0 Å². The smallest absolute Gasteiger partial charge is 0.000488 e. The van der Waals surface area contributed by atoms with Crippen molar-refractivity contribution in [2.45, 2.75) is 6.92 Å². The van der Waals surface area contributed by atoms with Crippen molar-refractivity contribution in [1.82, 2.24) is 0 Å².